The molecule has 2 aromatic carbocycles. The topological polar surface area (TPSA) is 69.8 Å². The molecule has 0 aliphatic carbocycles. The van der Waals surface area contributed by atoms with Gasteiger partial charge in [0.25, 0.3) is 0 Å². The monoisotopic (exact) mass is 278 g/mol. The van der Waals surface area contributed by atoms with Crippen molar-refractivity contribution in [2.45, 2.75) is 5.92 Å². The Labute approximate surface area is 121 Å². The summed E-state index contributed by atoms with van der Waals surface area (Å²) in [6, 6.07) is 13.7. The van der Waals surface area contributed by atoms with Crippen LogP contribution < -0.4 is 10.6 Å². The van der Waals surface area contributed by atoms with Crippen LogP contribution in [0.1, 0.15) is 11.5 Å². The Morgan fingerprint density at radius 2 is 2.10 bits per heavy atom. The summed E-state index contributed by atoms with van der Waals surface area (Å²) in [5, 5.41) is 14.2. The van der Waals surface area contributed by atoms with Crippen molar-refractivity contribution in [3.63, 3.8) is 0 Å². The van der Waals surface area contributed by atoms with Gasteiger partial charge in [0.1, 0.15) is 0 Å². The Morgan fingerprint density at radius 3 is 3.05 bits per heavy atom. The number of carbonyl (C=O) groups is 1. The van der Waals surface area contributed by atoms with Crippen LogP contribution in [0, 0.1) is 0 Å². The quantitative estimate of drug-likeness (QED) is 0.675. The van der Waals surface area contributed by atoms with Crippen molar-refractivity contribution in [2.24, 2.45) is 0 Å². The van der Waals surface area contributed by atoms with Gasteiger partial charge in [0.2, 0.25) is 5.91 Å². The van der Waals surface area contributed by atoms with Gasteiger partial charge in [-0.2, -0.15) is 5.10 Å². The third kappa shape index (κ3) is 1.94. The number of carbonyl (C=O) groups excluding carboxylic acids is 1. The molecule has 0 bridgehead atoms. The van der Waals surface area contributed by atoms with E-state index in [1.807, 2.05) is 42.5 Å². The van der Waals surface area contributed by atoms with E-state index in [0.717, 1.165) is 27.8 Å². The molecule has 1 aliphatic rings. The standard InChI is InChI=1S/C16H14N4O/c21-16(12-9-17-13-6-2-1-5-11(12)13)19-14-7-3-4-10-8-18-20-15(10)14/h1-8,12,17H,9H2,(H,18,20)(H,19,21). The van der Waals surface area contributed by atoms with Crippen molar-refractivity contribution >= 4 is 28.2 Å². The zero-order chi connectivity index (χ0) is 14.2. The van der Waals surface area contributed by atoms with E-state index in [0.29, 0.717) is 6.54 Å². The number of hydrogen-bond acceptors (Lipinski definition) is 3. The molecule has 0 saturated carbocycles. The normalized spacial score (nSPS) is 16.5. The van der Waals surface area contributed by atoms with E-state index in [9.17, 15) is 4.79 Å². The zero-order valence-electron chi connectivity index (χ0n) is 11.3. The van der Waals surface area contributed by atoms with Crippen LogP contribution in [0.5, 0.6) is 0 Å². The molecule has 1 unspecified atom stereocenters. The van der Waals surface area contributed by atoms with E-state index in [1.54, 1.807) is 6.20 Å². The van der Waals surface area contributed by atoms with Gasteiger partial charge in [-0.15, -0.1) is 0 Å². The summed E-state index contributed by atoms with van der Waals surface area (Å²) >= 11 is 0. The molecular formula is C16H14N4O. The first-order valence-corrected chi connectivity index (χ1v) is 6.89. The molecule has 104 valence electrons. The van der Waals surface area contributed by atoms with E-state index in [-0.39, 0.29) is 11.8 Å². The van der Waals surface area contributed by atoms with Crippen molar-refractivity contribution in [3.8, 4) is 0 Å². The molecular weight excluding hydrogens is 264 g/mol. The van der Waals surface area contributed by atoms with Gasteiger partial charge < -0.3 is 10.6 Å². The number of rotatable bonds is 2. The number of anilines is 2. The second kappa shape index (κ2) is 4.63. The van der Waals surface area contributed by atoms with Gasteiger partial charge in [-0.25, -0.2) is 0 Å². The Balaban J connectivity index is 1.64. The number of amides is 1. The number of benzene rings is 2. The van der Waals surface area contributed by atoms with Crippen LogP contribution in [0.15, 0.2) is 48.7 Å². The number of nitrogens with one attached hydrogen (secondary N) is 3. The van der Waals surface area contributed by atoms with Gasteiger partial charge in [-0.1, -0.05) is 30.3 Å². The summed E-state index contributed by atoms with van der Waals surface area (Å²) in [4.78, 5) is 12.6. The minimum absolute atomic E-state index is 0.00505. The Kier molecular flexibility index (Phi) is 2.64. The SMILES string of the molecule is O=C(Nc1cccc2cn[nH]c12)C1CNc2ccccc21. The lowest BCUT2D eigenvalue weighted by atomic mass is 10.0. The van der Waals surface area contributed by atoms with E-state index in [1.165, 1.54) is 0 Å². The minimum Gasteiger partial charge on any atom is -0.384 e. The maximum Gasteiger partial charge on any atom is 0.233 e. The molecule has 21 heavy (non-hydrogen) atoms. The van der Waals surface area contributed by atoms with Crippen molar-refractivity contribution in [3.05, 3.63) is 54.2 Å². The fraction of sp³-hybridized carbons (Fsp3) is 0.125. The highest BCUT2D eigenvalue weighted by Gasteiger charge is 2.28. The smallest absolute Gasteiger partial charge is 0.233 e. The number of para-hydroxylation sites is 2. The van der Waals surface area contributed by atoms with Crippen molar-refractivity contribution in [1.29, 1.82) is 0 Å². The van der Waals surface area contributed by atoms with Gasteiger partial charge in [-0.3, -0.25) is 9.89 Å². The first kappa shape index (κ1) is 12.0. The van der Waals surface area contributed by atoms with E-state index >= 15 is 0 Å². The van der Waals surface area contributed by atoms with Crippen LogP contribution in [0.2, 0.25) is 0 Å². The van der Waals surface area contributed by atoms with Crippen molar-refractivity contribution in [1.82, 2.24) is 10.2 Å². The highest BCUT2D eigenvalue weighted by atomic mass is 16.1. The van der Waals surface area contributed by atoms with Crippen LogP contribution in [-0.4, -0.2) is 22.6 Å². The molecule has 2 heterocycles. The number of aromatic amines is 1. The van der Waals surface area contributed by atoms with Gasteiger partial charge in [-0.05, 0) is 17.7 Å². The predicted molar refractivity (Wildman–Crippen MR) is 82.4 cm³/mol. The summed E-state index contributed by atoms with van der Waals surface area (Å²) < 4.78 is 0. The largest absolute Gasteiger partial charge is 0.384 e. The van der Waals surface area contributed by atoms with E-state index < -0.39 is 0 Å². The van der Waals surface area contributed by atoms with Crippen molar-refractivity contribution in [2.75, 3.05) is 17.2 Å². The number of aromatic nitrogens is 2. The molecule has 0 spiro atoms. The molecule has 5 heteroatoms. The summed E-state index contributed by atoms with van der Waals surface area (Å²) in [6.07, 6.45) is 1.75. The van der Waals surface area contributed by atoms with Crippen molar-refractivity contribution < 1.29 is 4.79 Å². The summed E-state index contributed by atoms with van der Waals surface area (Å²) in [7, 11) is 0. The van der Waals surface area contributed by atoms with Gasteiger partial charge in [0, 0.05) is 17.6 Å². The van der Waals surface area contributed by atoms with Gasteiger partial charge in [0.05, 0.1) is 23.3 Å². The summed E-state index contributed by atoms with van der Waals surface area (Å²) in [5.41, 5.74) is 3.70. The van der Waals surface area contributed by atoms with Gasteiger partial charge >= 0.3 is 0 Å². The highest BCUT2D eigenvalue weighted by molar-refractivity contribution is 6.03. The zero-order valence-corrected chi connectivity index (χ0v) is 11.3. The molecule has 0 fully saturated rings. The predicted octanol–water partition coefficient (Wildman–Crippen LogP) is 2.71. The lowest BCUT2D eigenvalue weighted by molar-refractivity contribution is -0.117. The fourth-order valence-corrected chi connectivity index (χ4v) is 2.81. The van der Waals surface area contributed by atoms with Crippen LogP contribution >= 0.6 is 0 Å². The molecule has 4 rings (SSSR count). The maximum absolute atomic E-state index is 12.6. The van der Waals surface area contributed by atoms with Gasteiger partial charge in [0.15, 0.2) is 0 Å². The molecule has 1 aromatic heterocycles. The van der Waals surface area contributed by atoms with Crippen LogP contribution in [-0.2, 0) is 4.79 Å². The Bertz CT molecular complexity index is 824. The first-order valence-electron chi connectivity index (χ1n) is 6.89. The third-order valence-electron chi connectivity index (χ3n) is 3.88. The average molecular weight is 278 g/mol. The molecule has 5 nitrogen and oxygen atoms in total. The fourth-order valence-electron chi connectivity index (χ4n) is 2.81. The number of fused-ring (bicyclic) bond motifs is 2. The van der Waals surface area contributed by atoms with Crippen LogP contribution in [0.4, 0.5) is 11.4 Å². The second-order valence-corrected chi connectivity index (χ2v) is 5.15. The number of H-pyrrole nitrogens is 1. The molecule has 0 saturated heterocycles. The molecule has 3 aromatic rings. The Morgan fingerprint density at radius 1 is 1.19 bits per heavy atom. The van der Waals surface area contributed by atoms with E-state index in [2.05, 4.69) is 20.8 Å². The maximum atomic E-state index is 12.6. The third-order valence-corrected chi connectivity index (χ3v) is 3.88. The molecule has 0 radical (unpaired) electrons. The number of hydrogen-bond donors (Lipinski definition) is 3. The van der Waals surface area contributed by atoms with E-state index in [4.69, 9.17) is 0 Å². The highest BCUT2D eigenvalue weighted by Crippen LogP contribution is 2.32. The average Bonchev–Trinajstić information content (AvgIpc) is 3.14. The first-order chi connectivity index (χ1) is 10.3. The summed E-state index contributed by atoms with van der Waals surface area (Å²) in [6.45, 7) is 0.629. The minimum atomic E-state index is -0.167. The second-order valence-electron chi connectivity index (χ2n) is 5.15. The summed E-state index contributed by atoms with van der Waals surface area (Å²) in [5.74, 6) is -0.172. The molecule has 3 N–H and O–H groups in total. The molecule has 1 amide bonds. The van der Waals surface area contributed by atoms with Crippen LogP contribution in [0.3, 0.4) is 0 Å². The lowest BCUT2D eigenvalue weighted by Crippen LogP contribution is -2.22. The lowest BCUT2D eigenvalue weighted by Gasteiger charge is -2.11. The molecule has 1 aliphatic heterocycles. The molecule has 1 atom stereocenters. The number of nitrogens with zero attached hydrogens (tertiary/aromatic N) is 1. The Hall–Kier alpha value is -2.82. The van der Waals surface area contributed by atoms with Crippen LogP contribution in [0.25, 0.3) is 10.9 Å².